The van der Waals surface area contributed by atoms with E-state index >= 15 is 0 Å². The zero-order valence-corrected chi connectivity index (χ0v) is 13.5. The molecular formula is C15H23ClN4O2. The smallest absolute Gasteiger partial charge is 0.314 e. The van der Waals surface area contributed by atoms with Crippen molar-refractivity contribution >= 4 is 30.0 Å². The summed E-state index contributed by atoms with van der Waals surface area (Å²) in [7, 11) is 0. The molecule has 1 fully saturated rings. The molecule has 0 aliphatic carbocycles. The number of rotatable bonds is 4. The molecule has 0 saturated carbocycles. The van der Waals surface area contributed by atoms with Crippen molar-refractivity contribution in [3.63, 3.8) is 0 Å². The predicted octanol–water partition coefficient (Wildman–Crippen LogP) is 1.44. The minimum absolute atomic E-state index is 0. The highest BCUT2D eigenvalue weighted by Gasteiger charge is 2.18. The van der Waals surface area contributed by atoms with E-state index in [9.17, 15) is 9.59 Å². The van der Waals surface area contributed by atoms with Crippen LogP contribution in [-0.2, 0) is 4.79 Å². The van der Waals surface area contributed by atoms with Crippen molar-refractivity contribution in [1.29, 1.82) is 0 Å². The lowest BCUT2D eigenvalue weighted by Gasteiger charge is -2.33. The third kappa shape index (κ3) is 6.01. The molecule has 0 aromatic heterocycles. The quantitative estimate of drug-likeness (QED) is 0.783. The number of benzene rings is 1. The highest BCUT2D eigenvalue weighted by atomic mass is 35.5. The van der Waals surface area contributed by atoms with Gasteiger partial charge in [-0.3, -0.25) is 15.0 Å². The first kappa shape index (κ1) is 18.4. The van der Waals surface area contributed by atoms with Gasteiger partial charge in [0.25, 0.3) is 0 Å². The second-order valence-corrected chi connectivity index (χ2v) is 5.21. The molecular weight excluding hydrogens is 304 g/mol. The summed E-state index contributed by atoms with van der Waals surface area (Å²) in [5.74, 6) is -0.255. The number of carbonyl (C=O) groups excluding carboxylic acids is 2. The Morgan fingerprint density at radius 1 is 1.32 bits per heavy atom. The van der Waals surface area contributed by atoms with Gasteiger partial charge < -0.3 is 10.6 Å². The number of hydrogen-bond donors (Lipinski definition) is 3. The van der Waals surface area contributed by atoms with Crippen LogP contribution in [0.15, 0.2) is 30.3 Å². The number of nitrogens with zero attached hydrogens (tertiary/aromatic N) is 1. The first-order valence-electron chi connectivity index (χ1n) is 7.26. The summed E-state index contributed by atoms with van der Waals surface area (Å²) in [6.45, 7) is 5.63. The number of hydrogen-bond acceptors (Lipinski definition) is 4. The largest absolute Gasteiger partial charge is 0.325 e. The molecule has 2 rings (SSSR count). The van der Waals surface area contributed by atoms with Crippen molar-refractivity contribution in [2.24, 2.45) is 0 Å². The van der Waals surface area contributed by atoms with Crippen LogP contribution in [-0.4, -0.2) is 49.1 Å². The number of para-hydroxylation sites is 1. The fraction of sp³-hybridized carbons (Fsp3) is 0.467. The number of carbonyl (C=O) groups is 2. The fourth-order valence-corrected chi connectivity index (χ4v) is 2.33. The Balaban J connectivity index is 0.00000242. The molecule has 0 unspecified atom stereocenters. The second-order valence-electron chi connectivity index (χ2n) is 5.21. The van der Waals surface area contributed by atoms with Crippen molar-refractivity contribution in [2.45, 2.75) is 19.4 Å². The first-order chi connectivity index (χ1) is 10.1. The minimum atomic E-state index is -0.487. The van der Waals surface area contributed by atoms with Crippen LogP contribution in [0.1, 0.15) is 13.3 Å². The summed E-state index contributed by atoms with van der Waals surface area (Å²) >= 11 is 0. The van der Waals surface area contributed by atoms with Crippen LogP contribution in [0.25, 0.3) is 0 Å². The van der Waals surface area contributed by atoms with Gasteiger partial charge in [0.2, 0.25) is 5.91 Å². The Morgan fingerprint density at radius 3 is 2.73 bits per heavy atom. The van der Waals surface area contributed by atoms with Gasteiger partial charge in [0.05, 0.1) is 0 Å². The number of nitrogens with one attached hydrogen (secondary N) is 3. The van der Waals surface area contributed by atoms with Gasteiger partial charge in [0, 0.05) is 44.3 Å². The number of amides is 3. The molecule has 6 nitrogen and oxygen atoms in total. The summed E-state index contributed by atoms with van der Waals surface area (Å²) in [6, 6.07) is 8.98. The van der Waals surface area contributed by atoms with E-state index in [-0.39, 0.29) is 18.3 Å². The number of urea groups is 1. The summed E-state index contributed by atoms with van der Waals surface area (Å²) in [6.07, 6.45) is 0.326. The van der Waals surface area contributed by atoms with E-state index in [4.69, 9.17) is 0 Å². The molecule has 3 N–H and O–H groups in total. The average molecular weight is 327 g/mol. The van der Waals surface area contributed by atoms with Crippen LogP contribution in [0.4, 0.5) is 10.5 Å². The molecule has 1 heterocycles. The van der Waals surface area contributed by atoms with Gasteiger partial charge >= 0.3 is 6.03 Å². The summed E-state index contributed by atoms with van der Waals surface area (Å²) in [4.78, 5) is 25.7. The Labute approximate surface area is 137 Å². The Bertz CT molecular complexity index is 484. The molecule has 1 atom stereocenters. The molecule has 0 bridgehead atoms. The van der Waals surface area contributed by atoms with Gasteiger partial charge in [-0.1, -0.05) is 18.2 Å². The van der Waals surface area contributed by atoms with E-state index in [0.29, 0.717) is 24.7 Å². The molecule has 1 aliphatic rings. The van der Waals surface area contributed by atoms with Crippen molar-refractivity contribution in [2.75, 3.05) is 31.5 Å². The molecule has 3 amide bonds. The third-order valence-corrected chi connectivity index (χ3v) is 3.55. The maximum absolute atomic E-state index is 11.8. The van der Waals surface area contributed by atoms with E-state index < -0.39 is 6.03 Å². The number of piperazine rings is 1. The van der Waals surface area contributed by atoms with Gasteiger partial charge in [-0.05, 0) is 19.1 Å². The van der Waals surface area contributed by atoms with E-state index in [1.807, 2.05) is 18.2 Å². The number of anilines is 1. The van der Waals surface area contributed by atoms with Crippen LogP contribution in [0.3, 0.4) is 0 Å². The lowest BCUT2D eigenvalue weighted by molar-refractivity contribution is -0.120. The Hall–Kier alpha value is -1.63. The zero-order valence-electron chi connectivity index (χ0n) is 12.7. The average Bonchev–Trinajstić information content (AvgIpc) is 2.47. The van der Waals surface area contributed by atoms with Gasteiger partial charge in [-0.15, -0.1) is 12.4 Å². The highest BCUT2D eigenvalue weighted by Crippen LogP contribution is 2.05. The maximum Gasteiger partial charge on any atom is 0.325 e. The Kier molecular flexibility index (Phi) is 7.87. The lowest BCUT2D eigenvalue weighted by Crippen LogP contribution is -2.50. The molecule has 1 aromatic carbocycles. The third-order valence-electron chi connectivity index (χ3n) is 3.55. The van der Waals surface area contributed by atoms with Gasteiger partial charge in [0.15, 0.2) is 0 Å². The first-order valence-corrected chi connectivity index (χ1v) is 7.26. The predicted molar refractivity (Wildman–Crippen MR) is 89.4 cm³/mol. The van der Waals surface area contributed by atoms with Crippen LogP contribution in [0.5, 0.6) is 0 Å². The summed E-state index contributed by atoms with van der Waals surface area (Å²) in [5, 5.41) is 8.28. The van der Waals surface area contributed by atoms with E-state index in [2.05, 4.69) is 27.8 Å². The van der Waals surface area contributed by atoms with Gasteiger partial charge in [0.1, 0.15) is 0 Å². The van der Waals surface area contributed by atoms with Crippen LogP contribution in [0.2, 0.25) is 0 Å². The van der Waals surface area contributed by atoms with Crippen LogP contribution >= 0.6 is 12.4 Å². The molecule has 0 spiro atoms. The standard InChI is InChI=1S/C15H22N4O2.ClH/c1-12-11-16-8-10-19(12)9-7-14(20)18-15(21)17-13-5-3-2-4-6-13;/h2-6,12,16H,7-11H2,1H3,(H2,17,18,20,21);1H/t12-;/m1./s1. The molecule has 1 saturated heterocycles. The second kappa shape index (κ2) is 9.40. The molecule has 1 aliphatic heterocycles. The van der Waals surface area contributed by atoms with E-state index in [1.54, 1.807) is 12.1 Å². The topological polar surface area (TPSA) is 73.5 Å². The van der Waals surface area contributed by atoms with Crippen molar-refractivity contribution in [3.8, 4) is 0 Å². The van der Waals surface area contributed by atoms with Gasteiger partial charge in [-0.2, -0.15) is 0 Å². The molecule has 7 heteroatoms. The van der Waals surface area contributed by atoms with Crippen LogP contribution in [0, 0.1) is 0 Å². The monoisotopic (exact) mass is 326 g/mol. The van der Waals surface area contributed by atoms with Crippen LogP contribution < -0.4 is 16.0 Å². The number of halogens is 1. The molecule has 122 valence electrons. The normalized spacial score (nSPS) is 18.1. The Morgan fingerprint density at radius 2 is 2.05 bits per heavy atom. The highest BCUT2D eigenvalue weighted by molar-refractivity contribution is 6.01. The molecule has 1 aromatic rings. The summed E-state index contributed by atoms with van der Waals surface area (Å²) < 4.78 is 0. The molecule has 0 radical (unpaired) electrons. The minimum Gasteiger partial charge on any atom is -0.314 e. The summed E-state index contributed by atoms with van der Waals surface area (Å²) in [5.41, 5.74) is 0.665. The van der Waals surface area contributed by atoms with Crippen molar-refractivity contribution in [1.82, 2.24) is 15.5 Å². The maximum atomic E-state index is 11.8. The van der Waals surface area contributed by atoms with E-state index in [1.165, 1.54) is 0 Å². The fourth-order valence-electron chi connectivity index (χ4n) is 2.33. The SMILES string of the molecule is C[C@@H]1CNCCN1CCC(=O)NC(=O)Nc1ccccc1.Cl. The van der Waals surface area contributed by atoms with Gasteiger partial charge in [-0.25, -0.2) is 4.79 Å². The number of imide groups is 1. The van der Waals surface area contributed by atoms with Crippen molar-refractivity contribution in [3.05, 3.63) is 30.3 Å². The molecule has 22 heavy (non-hydrogen) atoms. The lowest BCUT2D eigenvalue weighted by atomic mass is 10.2. The zero-order chi connectivity index (χ0) is 15.1. The van der Waals surface area contributed by atoms with Crippen molar-refractivity contribution < 1.29 is 9.59 Å². The van der Waals surface area contributed by atoms with E-state index in [0.717, 1.165) is 19.6 Å².